The number of rotatable bonds is 10. The molecule has 0 amide bonds. The molecule has 2 rings (SSSR count). The van der Waals surface area contributed by atoms with E-state index in [9.17, 15) is 5.11 Å². The van der Waals surface area contributed by atoms with Crippen LogP contribution in [0.15, 0.2) is 35.7 Å². The molecular weight excluding hydrogens is 340 g/mol. The Labute approximate surface area is 162 Å². The van der Waals surface area contributed by atoms with E-state index in [0.29, 0.717) is 12.5 Å². The van der Waals surface area contributed by atoms with Crippen molar-refractivity contribution in [3.05, 3.63) is 42.1 Å². The first-order valence-corrected chi connectivity index (χ1v) is 9.76. The number of aliphatic hydroxyl groups is 1. The molecule has 2 aromatic heterocycles. The number of aromatic nitrogens is 3. The summed E-state index contributed by atoms with van der Waals surface area (Å²) >= 11 is 0. The molecule has 0 aliphatic rings. The third-order valence-corrected chi connectivity index (χ3v) is 4.44. The van der Waals surface area contributed by atoms with Crippen LogP contribution in [0.25, 0.3) is 5.82 Å². The van der Waals surface area contributed by atoms with Crippen molar-refractivity contribution in [2.24, 2.45) is 10.9 Å². The Hall–Kier alpha value is -2.41. The number of nitrogens with one attached hydrogen (secondary N) is 2. The highest BCUT2D eigenvalue weighted by atomic mass is 16.3. The van der Waals surface area contributed by atoms with Crippen LogP contribution in [0.3, 0.4) is 0 Å². The van der Waals surface area contributed by atoms with E-state index in [1.807, 2.05) is 36.0 Å². The number of pyridine rings is 1. The van der Waals surface area contributed by atoms with Gasteiger partial charge in [0.05, 0.1) is 6.54 Å². The topological polar surface area (TPSA) is 87.4 Å². The highest BCUT2D eigenvalue weighted by Crippen LogP contribution is 2.10. The van der Waals surface area contributed by atoms with Crippen LogP contribution in [0.1, 0.15) is 44.5 Å². The number of aliphatic imine (C=N–C) groups is 1. The van der Waals surface area contributed by atoms with Crippen molar-refractivity contribution in [3.8, 4) is 5.82 Å². The monoisotopic (exact) mass is 372 g/mol. The average molecular weight is 373 g/mol. The maximum absolute atomic E-state index is 9.21. The molecule has 27 heavy (non-hydrogen) atoms. The normalized spacial score (nSPS) is 12.8. The van der Waals surface area contributed by atoms with Crippen LogP contribution >= 0.6 is 0 Å². The summed E-state index contributed by atoms with van der Waals surface area (Å²) in [6, 6.07) is 4.03. The molecule has 3 N–H and O–H groups in total. The largest absolute Gasteiger partial charge is 0.396 e. The molecule has 7 nitrogen and oxygen atoms in total. The number of imidazole rings is 1. The third kappa shape index (κ3) is 6.67. The Morgan fingerprint density at radius 3 is 2.67 bits per heavy atom. The maximum Gasteiger partial charge on any atom is 0.191 e. The van der Waals surface area contributed by atoms with E-state index >= 15 is 0 Å². The number of aliphatic hydroxyl groups excluding tert-OH is 1. The summed E-state index contributed by atoms with van der Waals surface area (Å²) in [6.45, 7) is 8.60. The molecule has 2 aromatic rings. The van der Waals surface area contributed by atoms with Gasteiger partial charge in [-0.15, -0.1) is 0 Å². The van der Waals surface area contributed by atoms with Crippen LogP contribution in [-0.2, 0) is 6.54 Å². The Balaban J connectivity index is 1.96. The number of guanidine groups is 1. The molecule has 0 radical (unpaired) electrons. The molecule has 0 fully saturated rings. The molecule has 0 saturated carbocycles. The number of aryl methyl sites for hydroxylation is 1. The van der Waals surface area contributed by atoms with Crippen molar-refractivity contribution < 1.29 is 5.11 Å². The van der Waals surface area contributed by atoms with Crippen LogP contribution in [-0.4, -0.2) is 45.3 Å². The second kappa shape index (κ2) is 11.3. The van der Waals surface area contributed by atoms with Gasteiger partial charge < -0.3 is 15.7 Å². The summed E-state index contributed by atoms with van der Waals surface area (Å²) < 4.78 is 1.95. The molecule has 0 saturated heterocycles. The Kier molecular flexibility index (Phi) is 8.77. The van der Waals surface area contributed by atoms with Crippen molar-refractivity contribution in [1.29, 1.82) is 0 Å². The number of hydrogen-bond acceptors (Lipinski definition) is 4. The van der Waals surface area contributed by atoms with Gasteiger partial charge in [0.2, 0.25) is 0 Å². The standard InChI is InChI=1S/C20H32N6O/c1-4-6-17(9-12-27)13-24-20(21-5-2)25-15-18-7-8-19(23-14-18)26-11-10-22-16(26)3/h7-8,10-11,14,17,27H,4-6,9,12-13,15H2,1-3H3,(H2,21,24,25). The molecule has 0 spiro atoms. The molecule has 0 bridgehead atoms. The van der Waals surface area contributed by atoms with Crippen molar-refractivity contribution >= 4 is 5.96 Å². The third-order valence-electron chi connectivity index (χ3n) is 4.44. The van der Waals surface area contributed by atoms with Crippen LogP contribution in [0.4, 0.5) is 0 Å². The van der Waals surface area contributed by atoms with E-state index in [1.165, 1.54) is 0 Å². The predicted molar refractivity (Wildman–Crippen MR) is 109 cm³/mol. The number of nitrogens with zero attached hydrogens (tertiary/aromatic N) is 4. The van der Waals surface area contributed by atoms with Gasteiger partial charge in [0.1, 0.15) is 11.6 Å². The van der Waals surface area contributed by atoms with Crippen molar-refractivity contribution in [2.45, 2.75) is 46.6 Å². The molecule has 1 unspecified atom stereocenters. The van der Waals surface area contributed by atoms with Gasteiger partial charge in [-0.3, -0.25) is 4.57 Å². The van der Waals surface area contributed by atoms with Gasteiger partial charge in [0.25, 0.3) is 0 Å². The average Bonchev–Trinajstić information content (AvgIpc) is 3.10. The van der Waals surface area contributed by atoms with Crippen LogP contribution < -0.4 is 10.6 Å². The zero-order valence-corrected chi connectivity index (χ0v) is 16.6. The molecule has 2 heterocycles. The summed E-state index contributed by atoms with van der Waals surface area (Å²) in [7, 11) is 0. The second-order valence-corrected chi connectivity index (χ2v) is 6.61. The lowest BCUT2D eigenvalue weighted by Crippen LogP contribution is -2.40. The van der Waals surface area contributed by atoms with Crippen molar-refractivity contribution in [2.75, 3.05) is 19.7 Å². The van der Waals surface area contributed by atoms with Crippen LogP contribution in [0.2, 0.25) is 0 Å². The summed E-state index contributed by atoms with van der Waals surface area (Å²) in [5.74, 6) is 3.03. The van der Waals surface area contributed by atoms with Gasteiger partial charge in [0.15, 0.2) is 5.96 Å². The zero-order chi connectivity index (χ0) is 19.5. The number of hydrogen-bond donors (Lipinski definition) is 3. The van der Waals surface area contributed by atoms with E-state index in [2.05, 4.69) is 39.4 Å². The second-order valence-electron chi connectivity index (χ2n) is 6.61. The van der Waals surface area contributed by atoms with E-state index in [1.54, 1.807) is 6.20 Å². The fourth-order valence-corrected chi connectivity index (χ4v) is 2.97. The summed E-state index contributed by atoms with van der Waals surface area (Å²) in [6.07, 6.45) is 8.57. The fourth-order valence-electron chi connectivity index (χ4n) is 2.97. The first-order chi connectivity index (χ1) is 13.2. The minimum atomic E-state index is 0.231. The molecule has 1 atom stereocenters. The van der Waals surface area contributed by atoms with Gasteiger partial charge >= 0.3 is 0 Å². The molecular formula is C20H32N6O. The minimum Gasteiger partial charge on any atom is -0.396 e. The lowest BCUT2D eigenvalue weighted by Gasteiger charge is -2.18. The van der Waals surface area contributed by atoms with Gasteiger partial charge in [-0.2, -0.15) is 0 Å². The summed E-state index contributed by atoms with van der Waals surface area (Å²) in [4.78, 5) is 13.4. The smallest absolute Gasteiger partial charge is 0.191 e. The van der Waals surface area contributed by atoms with Gasteiger partial charge in [0, 0.05) is 38.3 Å². The van der Waals surface area contributed by atoms with Gasteiger partial charge in [-0.05, 0) is 44.2 Å². The van der Waals surface area contributed by atoms with Crippen LogP contribution in [0, 0.1) is 12.8 Å². The molecule has 0 aliphatic heterocycles. The first kappa shape index (κ1) is 20.9. The highest BCUT2D eigenvalue weighted by molar-refractivity contribution is 5.79. The summed E-state index contributed by atoms with van der Waals surface area (Å²) in [5.41, 5.74) is 1.05. The van der Waals surface area contributed by atoms with E-state index in [-0.39, 0.29) is 6.61 Å². The minimum absolute atomic E-state index is 0.231. The molecule has 148 valence electrons. The Bertz CT molecular complexity index is 689. The lowest BCUT2D eigenvalue weighted by atomic mass is 10.0. The fraction of sp³-hybridized carbons (Fsp3) is 0.550. The van der Waals surface area contributed by atoms with Crippen molar-refractivity contribution in [3.63, 3.8) is 0 Å². The van der Waals surface area contributed by atoms with Gasteiger partial charge in [-0.1, -0.05) is 19.4 Å². The Morgan fingerprint density at radius 2 is 2.07 bits per heavy atom. The zero-order valence-electron chi connectivity index (χ0n) is 16.6. The van der Waals surface area contributed by atoms with E-state index in [0.717, 1.165) is 55.5 Å². The van der Waals surface area contributed by atoms with Crippen LogP contribution in [0.5, 0.6) is 0 Å². The highest BCUT2D eigenvalue weighted by Gasteiger charge is 2.08. The molecule has 7 heteroatoms. The van der Waals surface area contributed by atoms with Crippen molar-refractivity contribution in [1.82, 2.24) is 25.2 Å². The van der Waals surface area contributed by atoms with E-state index in [4.69, 9.17) is 0 Å². The first-order valence-electron chi connectivity index (χ1n) is 9.76. The molecule has 0 aliphatic carbocycles. The SMILES string of the molecule is CCCC(CCO)CNC(=NCc1ccc(-n2ccnc2C)nc1)NCC. The Morgan fingerprint density at radius 1 is 1.22 bits per heavy atom. The quantitative estimate of drug-likeness (QED) is 0.440. The predicted octanol–water partition coefficient (Wildman–Crippen LogP) is 2.43. The summed E-state index contributed by atoms with van der Waals surface area (Å²) in [5, 5.41) is 15.9. The molecule has 0 aromatic carbocycles. The van der Waals surface area contributed by atoms with Gasteiger partial charge in [-0.25, -0.2) is 15.0 Å². The lowest BCUT2D eigenvalue weighted by molar-refractivity contribution is 0.251. The maximum atomic E-state index is 9.21. The van der Waals surface area contributed by atoms with E-state index < -0.39 is 0 Å².